The highest BCUT2D eigenvalue weighted by molar-refractivity contribution is 7.16. The second-order valence-electron chi connectivity index (χ2n) is 5.75. The Kier molecular flexibility index (Phi) is 6.39. The third-order valence-electron chi connectivity index (χ3n) is 3.68. The minimum atomic E-state index is -0.654. The van der Waals surface area contributed by atoms with Crippen molar-refractivity contribution in [2.24, 2.45) is 0 Å². The molecule has 26 heavy (non-hydrogen) atoms. The van der Waals surface area contributed by atoms with Crippen LogP contribution in [0.15, 0.2) is 18.2 Å². The van der Waals surface area contributed by atoms with E-state index in [1.165, 1.54) is 18.3 Å². The van der Waals surface area contributed by atoms with Crippen LogP contribution >= 0.6 is 22.9 Å². The number of esters is 1. The molecule has 2 rings (SSSR count). The molecule has 0 saturated heterocycles. The van der Waals surface area contributed by atoms with E-state index in [9.17, 15) is 14.4 Å². The third-order valence-corrected chi connectivity index (χ3v) is 5.03. The lowest BCUT2D eigenvalue weighted by Gasteiger charge is -2.10. The van der Waals surface area contributed by atoms with E-state index < -0.39 is 18.5 Å². The van der Waals surface area contributed by atoms with E-state index >= 15 is 0 Å². The van der Waals surface area contributed by atoms with Crippen LogP contribution in [0.1, 0.15) is 33.3 Å². The molecule has 0 spiro atoms. The lowest BCUT2D eigenvalue weighted by Crippen LogP contribution is -2.22. The minimum Gasteiger partial charge on any atom is -0.452 e. The molecule has 0 atom stereocenters. The fraction of sp³-hybridized carbons (Fsp3) is 0.278. The van der Waals surface area contributed by atoms with Gasteiger partial charge < -0.3 is 15.4 Å². The standard InChI is InChI=1S/C18H19ClN2O4S/c1-9-7-13(19)5-6-14(9)21-15(23)8-25-18(24)16-10(2)11(3)26-17(16)20-12(4)22/h5-7H,8H2,1-4H3,(H,20,22)(H,21,23). The molecule has 0 fully saturated rings. The first-order valence-corrected chi connectivity index (χ1v) is 8.99. The molecule has 0 saturated carbocycles. The van der Waals surface area contributed by atoms with Crippen molar-refractivity contribution < 1.29 is 19.1 Å². The number of ether oxygens (including phenoxy) is 1. The Labute approximate surface area is 160 Å². The molecule has 0 aliphatic heterocycles. The lowest BCUT2D eigenvalue weighted by molar-refractivity contribution is -0.119. The number of hydrogen-bond donors (Lipinski definition) is 2. The average Bonchev–Trinajstić information content (AvgIpc) is 2.81. The smallest absolute Gasteiger partial charge is 0.341 e. The van der Waals surface area contributed by atoms with Crippen LogP contribution in [-0.2, 0) is 14.3 Å². The van der Waals surface area contributed by atoms with Crippen molar-refractivity contribution in [2.75, 3.05) is 17.2 Å². The maximum Gasteiger partial charge on any atom is 0.341 e. The van der Waals surface area contributed by atoms with Crippen LogP contribution in [-0.4, -0.2) is 24.4 Å². The molecule has 138 valence electrons. The number of halogens is 1. The molecule has 1 heterocycles. The predicted octanol–water partition coefficient (Wildman–Crippen LogP) is 4.08. The molecule has 2 N–H and O–H groups in total. The Morgan fingerprint density at radius 3 is 2.46 bits per heavy atom. The highest BCUT2D eigenvalue weighted by atomic mass is 35.5. The largest absolute Gasteiger partial charge is 0.452 e. The highest BCUT2D eigenvalue weighted by Gasteiger charge is 2.22. The summed E-state index contributed by atoms with van der Waals surface area (Å²) in [5.74, 6) is -1.40. The summed E-state index contributed by atoms with van der Waals surface area (Å²) in [5.41, 5.74) is 2.39. The van der Waals surface area contributed by atoms with Crippen molar-refractivity contribution in [1.82, 2.24) is 0 Å². The van der Waals surface area contributed by atoms with Crippen LogP contribution < -0.4 is 10.6 Å². The van der Waals surface area contributed by atoms with Crippen molar-refractivity contribution in [2.45, 2.75) is 27.7 Å². The van der Waals surface area contributed by atoms with Gasteiger partial charge in [-0.3, -0.25) is 9.59 Å². The topological polar surface area (TPSA) is 84.5 Å². The van der Waals surface area contributed by atoms with E-state index in [1.54, 1.807) is 25.1 Å². The van der Waals surface area contributed by atoms with Gasteiger partial charge in [-0.2, -0.15) is 0 Å². The fourth-order valence-corrected chi connectivity index (χ4v) is 3.60. The van der Waals surface area contributed by atoms with E-state index in [-0.39, 0.29) is 11.5 Å². The molecule has 2 aromatic rings. The molecule has 0 aliphatic rings. The first kappa shape index (κ1) is 19.9. The summed E-state index contributed by atoms with van der Waals surface area (Å²) < 4.78 is 5.12. The molecule has 0 unspecified atom stereocenters. The highest BCUT2D eigenvalue weighted by Crippen LogP contribution is 2.33. The molecular weight excluding hydrogens is 376 g/mol. The summed E-state index contributed by atoms with van der Waals surface area (Å²) in [6, 6.07) is 5.06. The summed E-state index contributed by atoms with van der Waals surface area (Å²) in [6.07, 6.45) is 0. The molecule has 6 nitrogen and oxygen atoms in total. The van der Waals surface area contributed by atoms with E-state index in [4.69, 9.17) is 16.3 Å². The molecular formula is C18H19ClN2O4S. The van der Waals surface area contributed by atoms with Gasteiger partial charge in [-0.1, -0.05) is 11.6 Å². The van der Waals surface area contributed by atoms with Crippen LogP contribution in [0, 0.1) is 20.8 Å². The predicted molar refractivity (Wildman–Crippen MR) is 103 cm³/mol. The van der Waals surface area contributed by atoms with Gasteiger partial charge in [-0.15, -0.1) is 11.3 Å². The normalized spacial score (nSPS) is 10.3. The fourth-order valence-electron chi connectivity index (χ4n) is 2.28. The molecule has 1 aromatic carbocycles. The number of aryl methyl sites for hydroxylation is 2. The van der Waals surface area contributed by atoms with Crippen molar-refractivity contribution in [1.29, 1.82) is 0 Å². The third kappa shape index (κ3) is 4.83. The van der Waals surface area contributed by atoms with Crippen molar-refractivity contribution in [3.63, 3.8) is 0 Å². The lowest BCUT2D eigenvalue weighted by atomic mass is 10.1. The average molecular weight is 395 g/mol. The monoisotopic (exact) mass is 394 g/mol. The van der Waals surface area contributed by atoms with Crippen LogP contribution in [0.3, 0.4) is 0 Å². The summed E-state index contributed by atoms with van der Waals surface area (Å²) >= 11 is 7.17. The summed E-state index contributed by atoms with van der Waals surface area (Å²) in [5, 5.41) is 6.28. The van der Waals surface area contributed by atoms with Gasteiger partial charge in [-0.05, 0) is 50.1 Å². The second kappa shape index (κ2) is 8.33. The van der Waals surface area contributed by atoms with Gasteiger partial charge in [0.25, 0.3) is 5.91 Å². The number of nitrogens with one attached hydrogen (secondary N) is 2. The number of anilines is 2. The van der Waals surface area contributed by atoms with Gasteiger partial charge in [0, 0.05) is 22.5 Å². The first-order chi connectivity index (χ1) is 12.2. The summed E-state index contributed by atoms with van der Waals surface area (Å²) in [6.45, 7) is 6.35. The Morgan fingerprint density at radius 1 is 1.15 bits per heavy atom. The van der Waals surface area contributed by atoms with Gasteiger partial charge in [0.2, 0.25) is 5.91 Å². The van der Waals surface area contributed by atoms with Gasteiger partial charge in [0.15, 0.2) is 6.61 Å². The molecule has 0 aliphatic carbocycles. The number of amides is 2. The van der Waals surface area contributed by atoms with E-state index in [1.807, 2.05) is 13.8 Å². The Hall–Kier alpha value is -2.38. The summed E-state index contributed by atoms with van der Waals surface area (Å²) in [7, 11) is 0. The van der Waals surface area contributed by atoms with Gasteiger partial charge in [0.1, 0.15) is 5.00 Å². The maximum absolute atomic E-state index is 12.4. The number of rotatable bonds is 5. The van der Waals surface area contributed by atoms with Crippen LogP contribution in [0.25, 0.3) is 0 Å². The Bertz CT molecular complexity index is 876. The minimum absolute atomic E-state index is 0.276. The van der Waals surface area contributed by atoms with Crippen LogP contribution in [0.5, 0.6) is 0 Å². The zero-order chi connectivity index (χ0) is 19.4. The van der Waals surface area contributed by atoms with E-state index in [2.05, 4.69) is 10.6 Å². The van der Waals surface area contributed by atoms with E-state index in [0.717, 1.165) is 16.0 Å². The Morgan fingerprint density at radius 2 is 1.85 bits per heavy atom. The van der Waals surface area contributed by atoms with Crippen LogP contribution in [0.4, 0.5) is 10.7 Å². The SMILES string of the molecule is CC(=O)Nc1sc(C)c(C)c1C(=O)OCC(=O)Nc1ccc(Cl)cc1C. The van der Waals surface area contributed by atoms with Crippen molar-refractivity contribution in [3.8, 4) is 0 Å². The zero-order valence-corrected chi connectivity index (χ0v) is 16.4. The molecule has 1 aromatic heterocycles. The number of carbonyl (C=O) groups excluding carboxylic acids is 3. The molecule has 8 heteroatoms. The first-order valence-electron chi connectivity index (χ1n) is 7.79. The Balaban J connectivity index is 2.04. The zero-order valence-electron chi connectivity index (χ0n) is 14.9. The maximum atomic E-state index is 12.4. The molecule has 0 bridgehead atoms. The molecule has 0 radical (unpaired) electrons. The van der Waals surface area contributed by atoms with Gasteiger partial charge in [0.05, 0.1) is 5.56 Å². The number of benzene rings is 1. The van der Waals surface area contributed by atoms with Crippen molar-refractivity contribution >= 4 is 51.4 Å². The van der Waals surface area contributed by atoms with Gasteiger partial charge in [-0.25, -0.2) is 4.79 Å². The molecule has 2 amide bonds. The van der Waals surface area contributed by atoms with Gasteiger partial charge >= 0.3 is 5.97 Å². The summed E-state index contributed by atoms with van der Waals surface area (Å²) in [4.78, 5) is 36.6. The number of carbonyl (C=O) groups is 3. The van der Waals surface area contributed by atoms with Crippen LogP contribution in [0.2, 0.25) is 5.02 Å². The second-order valence-corrected chi connectivity index (χ2v) is 7.41. The number of thiophene rings is 1. The quantitative estimate of drug-likeness (QED) is 0.748. The van der Waals surface area contributed by atoms with Crippen molar-refractivity contribution in [3.05, 3.63) is 44.8 Å². The van der Waals surface area contributed by atoms with E-state index in [0.29, 0.717) is 15.7 Å². The number of hydrogen-bond acceptors (Lipinski definition) is 5.